The first-order chi connectivity index (χ1) is 15.9. The normalized spacial score (nSPS) is 14.2. The van der Waals surface area contributed by atoms with Crippen LogP contribution in [0.25, 0.3) is 0 Å². The molecule has 1 saturated heterocycles. The summed E-state index contributed by atoms with van der Waals surface area (Å²) in [5.41, 5.74) is 3.69. The van der Waals surface area contributed by atoms with Crippen molar-refractivity contribution >= 4 is 23.3 Å². The van der Waals surface area contributed by atoms with E-state index in [1.54, 1.807) is 36.4 Å². The monoisotopic (exact) mass is 447 g/mol. The first kappa shape index (κ1) is 22.5. The summed E-state index contributed by atoms with van der Waals surface area (Å²) in [6, 6.07) is 18.7. The van der Waals surface area contributed by atoms with Crippen molar-refractivity contribution in [2.45, 2.75) is 13.5 Å². The number of nitrogens with zero attached hydrogens (tertiary/aromatic N) is 2. The molecule has 1 amide bonds. The number of aromatic carboxylic acids is 1. The van der Waals surface area contributed by atoms with Crippen LogP contribution in [0.1, 0.15) is 31.8 Å². The van der Waals surface area contributed by atoms with E-state index in [-0.39, 0.29) is 17.3 Å². The molecule has 1 aliphatic heterocycles. The van der Waals surface area contributed by atoms with Crippen LogP contribution >= 0.6 is 0 Å². The zero-order valence-corrected chi connectivity index (χ0v) is 18.4. The molecule has 2 N–H and O–H groups in total. The minimum absolute atomic E-state index is 0.114. The molecule has 3 aromatic carbocycles. The number of carboxylic acids is 1. The van der Waals surface area contributed by atoms with Gasteiger partial charge >= 0.3 is 5.97 Å². The highest BCUT2D eigenvalue weighted by molar-refractivity contribution is 6.07. The van der Waals surface area contributed by atoms with Crippen molar-refractivity contribution in [1.82, 2.24) is 4.90 Å². The molecule has 0 atom stereocenters. The molecule has 0 saturated carbocycles. The van der Waals surface area contributed by atoms with E-state index in [9.17, 15) is 19.1 Å². The Labute approximate surface area is 192 Å². The highest BCUT2D eigenvalue weighted by atomic mass is 19.1. The van der Waals surface area contributed by atoms with Gasteiger partial charge < -0.3 is 15.3 Å². The minimum Gasteiger partial charge on any atom is -0.478 e. The largest absolute Gasteiger partial charge is 0.478 e. The molecule has 170 valence electrons. The number of nitrogens with one attached hydrogen (secondary N) is 1. The van der Waals surface area contributed by atoms with Gasteiger partial charge in [-0.3, -0.25) is 9.69 Å². The Hall–Kier alpha value is -3.71. The summed E-state index contributed by atoms with van der Waals surface area (Å²) in [5, 5.41) is 12.4. The molecule has 33 heavy (non-hydrogen) atoms. The number of rotatable bonds is 6. The van der Waals surface area contributed by atoms with Crippen molar-refractivity contribution in [2.24, 2.45) is 0 Å². The first-order valence-electron chi connectivity index (χ1n) is 10.9. The number of piperazine rings is 1. The maximum absolute atomic E-state index is 13.5. The maximum atomic E-state index is 13.5. The van der Waals surface area contributed by atoms with Crippen molar-refractivity contribution in [2.75, 3.05) is 36.4 Å². The van der Waals surface area contributed by atoms with Crippen LogP contribution in [0.4, 0.5) is 15.8 Å². The van der Waals surface area contributed by atoms with Gasteiger partial charge in [0.2, 0.25) is 0 Å². The number of carbonyl (C=O) groups is 2. The van der Waals surface area contributed by atoms with Crippen molar-refractivity contribution in [1.29, 1.82) is 0 Å². The number of carbonyl (C=O) groups excluding carboxylic acids is 1. The Bertz CT molecular complexity index is 1170. The van der Waals surface area contributed by atoms with Crippen LogP contribution in [0.2, 0.25) is 0 Å². The van der Waals surface area contributed by atoms with Crippen molar-refractivity contribution in [3.63, 3.8) is 0 Å². The summed E-state index contributed by atoms with van der Waals surface area (Å²) in [6.07, 6.45) is 0. The second-order valence-electron chi connectivity index (χ2n) is 8.20. The summed E-state index contributed by atoms with van der Waals surface area (Å²) >= 11 is 0. The van der Waals surface area contributed by atoms with Gasteiger partial charge in [0.15, 0.2) is 0 Å². The second kappa shape index (κ2) is 9.83. The molecule has 7 heteroatoms. The summed E-state index contributed by atoms with van der Waals surface area (Å²) < 4.78 is 13.5. The molecule has 3 aromatic rings. The molecule has 0 bridgehead atoms. The predicted molar refractivity (Wildman–Crippen MR) is 126 cm³/mol. The Balaban J connectivity index is 1.51. The number of hydrogen-bond donors (Lipinski definition) is 2. The number of benzene rings is 3. The molecule has 0 aliphatic carbocycles. The van der Waals surface area contributed by atoms with Crippen LogP contribution in [0.5, 0.6) is 0 Å². The summed E-state index contributed by atoms with van der Waals surface area (Å²) in [7, 11) is 0. The summed E-state index contributed by atoms with van der Waals surface area (Å²) in [6.45, 7) is 5.47. The van der Waals surface area contributed by atoms with Crippen molar-refractivity contribution < 1.29 is 19.1 Å². The van der Waals surface area contributed by atoms with Gasteiger partial charge in [0.1, 0.15) is 5.82 Å². The van der Waals surface area contributed by atoms with Gasteiger partial charge in [-0.1, -0.05) is 30.3 Å². The zero-order chi connectivity index (χ0) is 23.4. The van der Waals surface area contributed by atoms with E-state index < -0.39 is 5.97 Å². The highest BCUT2D eigenvalue weighted by Gasteiger charge is 2.22. The van der Waals surface area contributed by atoms with E-state index in [0.717, 1.165) is 29.9 Å². The number of aryl methyl sites for hydroxylation is 1. The zero-order valence-electron chi connectivity index (χ0n) is 18.4. The molecule has 6 nitrogen and oxygen atoms in total. The van der Waals surface area contributed by atoms with Crippen LogP contribution < -0.4 is 10.2 Å². The van der Waals surface area contributed by atoms with E-state index in [1.165, 1.54) is 12.1 Å². The highest BCUT2D eigenvalue weighted by Crippen LogP contribution is 2.29. The fraction of sp³-hybridized carbons (Fsp3) is 0.231. The molecule has 1 aliphatic rings. The maximum Gasteiger partial charge on any atom is 0.335 e. The van der Waals surface area contributed by atoms with Crippen LogP contribution in [-0.2, 0) is 6.54 Å². The van der Waals surface area contributed by atoms with E-state index in [2.05, 4.69) is 15.1 Å². The number of halogens is 1. The van der Waals surface area contributed by atoms with Gasteiger partial charge in [0, 0.05) is 38.3 Å². The molecule has 0 aromatic heterocycles. The van der Waals surface area contributed by atoms with Crippen molar-refractivity contribution in [3.05, 3.63) is 94.8 Å². The third-order valence-corrected chi connectivity index (χ3v) is 5.89. The van der Waals surface area contributed by atoms with Gasteiger partial charge in [-0.2, -0.15) is 0 Å². The van der Waals surface area contributed by atoms with Crippen LogP contribution in [0.15, 0.2) is 66.7 Å². The Morgan fingerprint density at radius 2 is 1.73 bits per heavy atom. The molecular weight excluding hydrogens is 421 g/mol. The Kier molecular flexibility index (Phi) is 6.70. The molecule has 4 rings (SSSR count). The molecule has 1 heterocycles. The van der Waals surface area contributed by atoms with Gasteiger partial charge in [-0.05, 0) is 54.4 Å². The fourth-order valence-corrected chi connectivity index (χ4v) is 4.10. The quantitative estimate of drug-likeness (QED) is 0.586. The number of hydrogen-bond acceptors (Lipinski definition) is 4. The average Bonchev–Trinajstić information content (AvgIpc) is 2.80. The minimum atomic E-state index is -1.05. The van der Waals surface area contributed by atoms with E-state index in [1.807, 2.05) is 25.1 Å². The van der Waals surface area contributed by atoms with E-state index >= 15 is 0 Å². The fourth-order valence-electron chi connectivity index (χ4n) is 4.10. The van der Waals surface area contributed by atoms with Crippen LogP contribution in [0.3, 0.4) is 0 Å². The van der Waals surface area contributed by atoms with E-state index in [4.69, 9.17) is 0 Å². The Morgan fingerprint density at radius 1 is 0.970 bits per heavy atom. The molecular formula is C26H26FN3O3. The lowest BCUT2D eigenvalue weighted by molar-refractivity contribution is 0.0696. The topological polar surface area (TPSA) is 72.9 Å². The molecule has 0 unspecified atom stereocenters. The number of anilines is 2. The smallest absolute Gasteiger partial charge is 0.335 e. The standard InChI is InChI=1S/C26H26FN3O3/c1-18-5-2-3-8-22(18)25(31)28-23-16-20(26(32)33)9-10-24(23)30-13-11-29(12-14-30)17-19-6-4-7-21(27)15-19/h2-10,15-16H,11-14,17H2,1H3,(H,28,31)(H,32,33). The SMILES string of the molecule is Cc1ccccc1C(=O)Nc1cc(C(=O)O)ccc1N1CCN(Cc2cccc(F)c2)CC1. The van der Waals surface area contributed by atoms with Gasteiger partial charge in [0.25, 0.3) is 5.91 Å². The lowest BCUT2D eigenvalue weighted by atomic mass is 10.1. The van der Waals surface area contributed by atoms with Crippen LogP contribution in [-0.4, -0.2) is 48.1 Å². The van der Waals surface area contributed by atoms with E-state index in [0.29, 0.717) is 30.9 Å². The van der Waals surface area contributed by atoms with Crippen LogP contribution in [0, 0.1) is 12.7 Å². The van der Waals surface area contributed by atoms with Gasteiger partial charge in [0.05, 0.1) is 16.9 Å². The molecule has 0 spiro atoms. The third kappa shape index (κ3) is 5.38. The van der Waals surface area contributed by atoms with Crippen molar-refractivity contribution in [3.8, 4) is 0 Å². The number of carboxylic acid groups (broad SMARTS) is 1. The summed E-state index contributed by atoms with van der Waals surface area (Å²) in [4.78, 5) is 28.8. The predicted octanol–water partition coefficient (Wildman–Crippen LogP) is 4.41. The third-order valence-electron chi connectivity index (χ3n) is 5.89. The lowest BCUT2D eigenvalue weighted by Crippen LogP contribution is -2.46. The molecule has 1 fully saturated rings. The lowest BCUT2D eigenvalue weighted by Gasteiger charge is -2.37. The second-order valence-corrected chi connectivity index (χ2v) is 8.20. The van der Waals surface area contributed by atoms with Gasteiger partial charge in [-0.15, -0.1) is 0 Å². The average molecular weight is 448 g/mol. The van der Waals surface area contributed by atoms with Gasteiger partial charge in [-0.25, -0.2) is 9.18 Å². The Morgan fingerprint density at radius 3 is 2.42 bits per heavy atom. The number of amides is 1. The summed E-state index contributed by atoms with van der Waals surface area (Å²) in [5.74, 6) is -1.56. The first-order valence-corrected chi connectivity index (χ1v) is 10.9. The molecule has 0 radical (unpaired) electrons.